The highest BCUT2D eigenvalue weighted by Gasteiger charge is 2.45. The normalized spacial score (nSPS) is 27.7. The highest BCUT2D eigenvalue weighted by Crippen LogP contribution is 2.37. The van der Waals surface area contributed by atoms with E-state index in [1.807, 2.05) is 0 Å². The van der Waals surface area contributed by atoms with Crippen molar-refractivity contribution in [3.05, 3.63) is 23.9 Å². The number of ether oxygens (including phenoxy) is 1. The van der Waals surface area contributed by atoms with Gasteiger partial charge in [-0.25, -0.2) is 13.4 Å². The number of methoxy groups -OCH3 is 1. The smallest absolute Gasteiger partial charge is 0.253 e. The van der Waals surface area contributed by atoms with Crippen molar-refractivity contribution in [1.29, 1.82) is 0 Å². The van der Waals surface area contributed by atoms with Gasteiger partial charge in [-0.05, 0) is 31.7 Å². The Morgan fingerprint density at radius 2 is 1.96 bits per heavy atom. The second kappa shape index (κ2) is 6.09. The molecule has 2 aliphatic heterocycles. The number of nitrogens with one attached hydrogen (secondary N) is 1. The maximum Gasteiger partial charge on any atom is 0.253 e. The van der Waals surface area contributed by atoms with Crippen molar-refractivity contribution in [3.63, 3.8) is 0 Å². The van der Waals surface area contributed by atoms with Crippen molar-refractivity contribution in [2.75, 3.05) is 13.4 Å². The Balaban J connectivity index is 1.65. The number of hydrogen-bond donors (Lipinski definition) is 1. The SMILES string of the molecule is COc1ccc(C(=O)NC2CC3CCC(C2)N3S(C)(=O)=O)cn1. The molecule has 1 aromatic rings. The van der Waals surface area contributed by atoms with Crippen LogP contribution < -0.4 is 10.1 Å². The largest absolute Gasteiger partial charge is 0.481 e. The Morgan fingerprint density at radius 3 is 2.43 bits per heavy atom. The van der Waals surface area contributed by atoms with E-state index in [1.54, 1.807) is 16.4 Å². The predicted molar refractivity (Wildman–Crippen MR) is 84.8 cm³/mol. The summed E-state index contributed by atoms with van der Waals surface area (Å²) in [5.74, 6) is 0.276. The van der Waals surface area contributed by atoms with Crippen LogP contribution in [0.1, 0.15) is 36.0 Å². The Kier molecular flexibility index (Phi) is 4.29. The van der Waals surface area contributed by atoms with E-state index in [0.717, 1.165) is 12.8 Å². The van der Waals surface area contributed by atoms with Crippen LogP contribution in [0, 0.1) is 0 Å². The van der Waals surface area contributed by atoms with Crippen molar-refractivity contribution in [2.45, 2.75) is 43.8 Å². The van der Waals surface area contributed by atoms with Crippen molar-refractivity contribution in [3.8, 4) is 5.88 Å². The Hall–Kier alpha value is -1.67. The molecule has 1 amide bonds. The van der Waals surface area contributed by atoms with Gasteiger partial charge in [0, 0.05) is 30.4 Å². The number of rotatable bonds is 4. The monoisotopic (exact) mass is 339 g/mol. The molecule has 2 saturated heterocycles. The van der Waals surface area contributed by atoms with Crippen molar-refractivity contribution >= 4 is 15.9 Å². The highest BCUT2D eigenvalue weighted by atomic mass is 32.2. The lowest BCUT2D eigenvalue weighted by Crippen LogP contribution is -2.52. The van der Waals surface area contributed by atoms with Gasteiger partial charge >= 0.3 is 0 Å². The molecule has 0 radical (unpaired) electrons. The number of carbonyl (C=O) groups excluding carboxylic acids is 1. The third kappa shape index (κ3) is 3.32. The Labute approximate surface area is 136 Å². The van der Waals surface area contributed by atoms with Crippen LogP contribution in [-0.4, -0.2) is 55.1 Å². The molecule has 126 valence electrons. The van der Waals surface area contributed by atoms with E-state index in [1.165, 1.54) is 19.6 Å². The predicted octanol–water partition coefficient (Wildman–Crippen LogP) is 0.775. The third-order valence-electron chi connectivity index (χ3n) is 4.59. The van der Waals surface area contributed by atoms with Gasteiger partial charge in [0.2, 0.25) is 15.9 Å². The Bertz CT molecular complexity index is 675. The van der Waals surface area contributed by atoms with Crippen LogP contribution in [0.5, 0.6) is 5.88 Å². The zero-order valence-corrected chi connectivity index (χ0v) is 14.0. The van der Waals surface area contributed by atoms with E-state index in [0.29, 0.717) is 24.3 Å². The number of amides is 1. The van der Waals surface area contributed by atoms with Crippen molar-refractivity contribution in [2.24, 2.45) is 0 Å². The number of carbonyl (C=O) groups is 1. The second-order valence-electron chi connectivity index (χ2n) is 6.21. The molecule has 2 bridgehead atoms. The number of fused-ring (bicyclic) bond motifs is 2. The fourth-order valence-electron chi connectivity index (χ4n) is 3.70. The summed E-state index contributed by atoms with van der Waals surface area (Å²) in [4.78, 5) is 16.3. The molecule has 1 N–H and O–H groups in total. The first-order valence-electron chi connectivity index (χ1n) is 7.68. The minimum atomic E-state index is -3.18. The van der Waals surface area contributed by atoms with Crippen LogP contribution in [0.25, 0.3) is 0 Å². The van der Waals surface area contributed by atoms with Crippen LogP contribution in [0.3, 0.4) is 0 Å². The molecule has 0 spiro atoms. The molecule has 0 saturated carbocycles. The first kappa shape index (κ1) is 16.2. The molecule has 0 aromatic carbocycles. The molecule has 23 heavy (non-hydrogen) atoms. The number of nitrogens with zero attached hydrogens (tertiary/aromatic N) is 2. The first-order chi connectivity index (χ1) is 10.9. The molecule has 8 heteroatoms. The fraction of sp³-hybridized carbons (Fsp3) is 0.600. The number of aromatic nitrogens is 1. The standard InChI is InChI=1S/C15H21N3O4S/c1-22-14-6-3-10(9-16-14)15(19)17-11-7-12-4-5-13(8-11)18(12)23(2,20)21/h3,6,9,11-13H,4-5,7-8H2,1-2H3,(H,17,19). The van der Waals surface area contributed by atoms with E-state index in [2.05, 4.69) is 10.3 Å². The maximum absolute atomic E-state index is 12.3. The van der Waals surface area contributed by atoms with Gasteiger partial charge in [0.25, 0.3) is 5.91 Å². The van der Waals surface area contributed by atoms with Crippen molar-refractivity contribution in [1.82, 2.24) is 14.6 Å². The van der Waals surface area contributed by atoms with Gasteiger partial charge in [-0.2, -0.15) is 4.31 Å². The Morgan fingerprint density at radius 1 is 1.30 bits per heavy atom. The van der Waals surface area contributed by atoms with Gasteiger partial charge in [0.15, 0.2) is 0 Å². The third-order valence-corrected chi connectivity index (χ3v) is 5.95. The van der Waals surface area contributed by atoms with Gasteiger partial charge in [0.1, 0.15) is 0 Å². The number of hydrogen-bond acceptors (Lipinski definition) is 5. The zero-order chi connectivity index (χ0) is 16.6. The summed E-state index contributed by atoms with van der Waals surface area (Å²) in [6.07, 6.45) is 5.81. The van der Waals surface area contributed by atoms with E-state index in [-0.39, 0.29) is 24.0 Å². The molecule has 2 atom stereocenters. The molecule has 3 heterocycles. The summed E-state index contributed by atoms with van der Waals surface area (Å²) in [5, 5.41) is 3.00. The zero-order valence-electron chi connectivity index (χ0n) is 13.2. The molecule has 2 aliphatic rings. The van der Waals surface area contributed by atoms with Crippen LogP contribution in [0.15, 0.2) is 18.3 Å². The summed E-state index contributed by atoms with van der Waals surface area (Å²) in [6, 6.07) is 3.32. The number of pyridine rings is 1. The average molecular weight is 339 g/mol. The summed E-state index contributed by atoms with van der Waals surface area (Å²) >= 11 is 0. The molecule has 7 nitrogen and oxygen atoms in total. The lowest BCUT2D eigenvalue weighted by Gasteiger charge is -2.37. The molecule has 0 aliphatic carbocycles. The summed E-state index contributed by atoms with van der Waals surface area (Å²) in [7, 11) is -1.66. The van der Waals surface area contributed by atoms with Gasteiger partial charge < -0.3 is 10.1 Å². The molecule has 2 fully saturated rings. The van der Waals surface area contributed by atoms with Gasteiger partial charge in [0.05, 0.1) is 18.9 Å². The fourth-order valence-corrected chi connectivity index (χ4v) is 5.16. The summed E-state index contributed by atoms with van der Waals surface area (Å²) in [5.41, 5.74) is 0.476. The minimum absolute atomic E-state index is 0.0000941. The van der Waals surface area contributed by atoms with Crippen LogP contribution in [0.4, 0.5) is 0 Å². The van der Waals surface area contributed by atoms with Crippen LogP contribution in [0.2, 0.25) is 0 Å². The topological polar surface area (TPSA) is 88.6 Å². The molecule has 3 rings (SSSR count). The van der Waals surface area contributed by atoms with Gasteiger partial charge in [-0.1, -0.05) is 0 Å². The van der Waals surface area contributed by atoms with E-state index in [4.69, 9.17) is 4.74 Å². The molecular formula is C15H21N3O4S. The van der Waals surface area contributed by atoms with E-state index < -0.39 is 10.0 Å². The summed E-state index contributed by atoms with van der Waals surface area (Å²) in [6.45, 7) is 0. The first-order valence-corrected chi connectivity index (χ1v) is 9.52. The number of piperidine rings is 1. The average Bonchev–Trinajstić information content (AvgIpc) is 2.80. The lowest BCUT2D eigenvalue weighted by molar-refractivity contribution is 0.0909. The van der Waals surface area contributed by atoms with E-state index >= 15 is 0 Å². The molecule has 2 unspecified atom stereocenters. The van der Waals surface area contributed by atoms with Gasteiger partial charge in [-0.3, -0.25) is 4.79 Å². The lowest BCUT2D eigenvalue weighted by atomic mass is 9.99. The van der Waals surface area contributed by atoms with Gasteiger partial charge in [-0.15, -0.1) is 0 Å². The second-order valence-corrected chi connectivity index (χ2v) is 8.10. The molecule has 1 aromatic heterocycles. The van der Waals surface area contributed by atoms with Crippen LogP contribution in [-0.2, 0) is 10.0 Å². The number of sulfonamides is 1. The maximum atomic E-state index is 12.3. The van der Waals surface area contributed by atoms with Crippen molar-refractivity contribution < 1.29 is 17.9 Å². The highest BCUT2D eigenvalue weighted by molar-refractivity contribution is 7.88. The van der Waals surface area contributed by atoms with E-state index in [9.17, 15) is 13.2 Å². The quantitative estimate of drug-likeness (QED) is 0.875. The van der Waals surface area contributed by atoms with Crippen LogP contribution >= 0.6 is 0 Å². The summed E-state index contributed by atoms with van der Waals surface area (Å²) < 4.78 is 30.4. The molecular weight excluding hydrogens is 318 g/mol. The minimum Gasteiger partial charge on any atom is -0.481 e.